The molecule has 0 spiro atoms. The van der Waals surface area contributed by atoms with Gasteiger partial charge in [-0.15, -0.1) is 0 Å². The molecule has 1 unspecified atom stereocenters. The number of benzene rings is 1. The Morgan fingerprint density at radius 1 is 1.41 bits per heavy atom. The van der Waals surface area contributed by atoms with Crippen molar-refractivity contribution < 1.29 is 9.13 Å². The van der Waals surface area contributed by atoms with Gasteiger partial charge in [0.2, 0.25) is 0 Å². The number of hydrogen-bond donors (Lipinski definition) is 1. The van der Waals surface area contributed by atoms with Crippen molar-refractivity contribution >= 4 is 15.9 Å². The zero-order valence-electron chi connectivity index (χ0n) is 10.3. The second-order valence-electron chi connectivity index (χ2n) is 3.85. The first-order valence-electron chi connectivity index (χ1n) is 5.95. The third-order valence-corrected chi connectivity index (χ3v) is 2.91. The van der Waals surface area contributed by atoms with Crippen LogP contribution in [0, 0.1) is 5.82 Å². The van der Waals surface area contributed by atoms with Gasteiger partial charge < -0.3 is 10.1 Å². The zero-order chi connectivity index (χ0) is 12.7. The molecule has 0 aromatic heterocycles. The van der Waals surface area contributed by atoms with E-state index in [0.717, 1.165) is 17.4 Å². The molecule has 0 aliphatic rings. The normalized spacial score (nSPS) is 12.7. The maximum Gasteiger partial charge on any atom is 0.129 e. The summed E-state index contributed by atoms with van der Waals surface area (Å²) in [5.41, 5.74) is 0.658. The lowest BCUT2D eigenvalue weighted by molar-refractivity contribution is 0.111. The number of nitrogens with one attached hydrogen (secondary N) is 1. The van der Waals surface area contributed by atoms with E-state index in [0.29, 0.717) is 18.8 Å². The molecule has 17 heavy (non-hydrogen) atoms. The molecule has 0 saturated carbocycles. The van der Waals surface area contributed by atoms with E-state index in [1.807, 2.05) is 13.0 Å². The summed E-state index contributed by atoms with van der Waals surface area (Å²) in [6.07, 6.45) is 0.974. The molecule has 0 saturated heterocycles. The lowest BCUT2D eigenvalue weighted by Gasteiger charge is -2.19. The second kappa shape index (κ2) is 7.80. The fraction of sp³-hybridized carbons (Fsp3) is 0.538. The van der Waals surface area contributed by atoms with E-state index in [2.05, 4.69) is 28.2 Å². The lowest BCUT2D eigenvalue weighted by Crippen LogP contribution is -2.26. The van der Waals surface area contributed by atoms with Gasteiger partial charge >= 0.3 is 0 Å². The Kier molecular flexibility index (Phi) is 6.70. The van der Waals surface area contributed by atoms with Crippen LogP contribution in [0.1, 0.15) is 31.9 Å². The van der Waals surface area contributed by atoms with Crippen LogP contribution in [0.4, 0.5) is 4.39 Å². The third kappa shape index (κ3) is 4.74. The maximum atomic E-state index is 13.8. The molecule has 4 heteroatoms. The van der Waals surface area contributed by atoms with E-state index in [1.54, 1.807) is 6.07 Å². The summed E-state index contributed by atoms with van der Waals surface area (Å²) < 4.78 is 20.1. The van der Waals surface area contributed by atoms with E-state index in [4.69, 9.17) is 4.74 Å². The summed E-state index contributed by atoms with van der Waals surface area (Å²) in [5, 5.41) is 3.24. The van der Waals surface area contributed by atoms with Gasteiger partial charge in [0.05, 0.1) is 12.6 Å². The maximum absolute atomic E-state index is 13.8. The van der Waals surface area contributed by atoms with E-state index in [-0.39, 0.29) is 11.9 Å². The summed E-state index contributed by atoms with van der Waals surface area (Å²) in [6.45, 7) is 6.06. The Morgan fingerprint density at radius 2 is 2.18 bits per heavy atom. The van der Waals surface area contributed by atoms with Gasteiger partial charge in [0.15, 0.2) is 0 Å². The van der Waals surface area contributed by atoms with Crippen LogP contribution in [0.3, 0.4) is 0 Å². The Labute approximate surface area is 111 Å². The predicted octanol–water partition coefficient (Wildman–Crippen LogP) is 3.67. The third-order valence-electron chi connectivity index (χ3n) is 2.42. The van der Waals surface area contributed by atoms with Crippen LogP contribution in [-0.2, 0) is 4.74 Å². The summed E-state index contributed by atoms with van der Waals surface area (Å²) in [5.74, 6) is -0.203. The molecule has 1 rings (SSSR count). The predicted molar refractivity (Wildman–Crippen MR) is 71.6 cm³/mol. The number of hydrogen-bond acceptors (Lipinski definition) is 2. The highest BCUT2D eigenvalue weighted by Gasteiger charge is 2.15. The minimum Gasteiger partial charge on any atom is -0.379 e. The van der Waals surface area contributed by atoms with Crippen molar-refractivity contribution in [3.8, 4) is 0 Å². The largest absolute Gasteiger partial charge is 0.379 e. The Balaban J connectivity index is 2.74. The van der Waals surface area contributed by atoms with E-state index in [1.165, 1.54) is 6.07 Å². The average molecular weight is 304 g/mol. The van der Waals surface area contributed by atoms with Gasteiger partial charge in [-0.3, -0.25) is 0 Å². The van der Waals surface area contributed by atoms with Crippen molar-refractivity contribution in [3.63, 3.8) is 0 Å². The molecule has 1 atom stereocenters. The van der Waals surface area contributed by atoms with Gasteiger partial charge in [-0.1, -0.05) is 35.8 Å². The topological polar surface area (TPSA) is 21.3 Å². The summed E-state index contributed by atoms with van der Waals surface area (Å²) >= 11 is 3.26. The number of ether oxygens (including phenoxy) is 1. The van der Waals surface area contributed by atoms with Gasteiger partial charge in [0.25, 0.3) is 0 Å². The zero-order valence-corrected chi connectivity index (χ0v) is 11.9. The molecule has 1 aromatic carbocycles. The van der Waals surface area contributed by atoms with E-state index in [9.17, 15) is 4.39 Å². The van der Waals surface area contributed by atoms with Crippen molar-refractivity contribution in [3.05, 3.63) is 34.1 Å². The molecule has 1 N–H and O–H groups in total. The molecule has 0 bridgehead atoms. The monoisotopic (exact) mass is 303 g/mol. The highest BCUT2D eigenvalue weighted by atomic mass is 79.9. The van der Waals surface area contributed by atoms with Crippen LogP contribution in [0.5, 0.6) is 0 Å². The molecule has 2 nitrogen and oxygen atoms in total. The fourth-order valence-electron chi connectivity index (χ4n) is 1.63. The Bertz CT molecular complexity index is 346. The molecule has 0 amide bonds. The van der Waals surface area contributed by atoms with Crippen LogP contribution in [-0.4, -0.2) is 19.8 Å². The van der Waals surface area contributed by atoms with Crippen LogP contribution in [0.25, 0.3) is 0 Å². The molecule has 0 heterocycles. The summed E-state index contributed by atoms with van der Waals surface area (Å²) in [6, 6.07) is 5.05. The second-order valence-corrected chi connectivity index (χ2v) is 4.77. The molecule has 96 valence electrons. The molecular weight excluding hydrogens is 285 g/mol. The number of rotatable bonds is 7. The smallest absolute Gasteiger partial charge is 0.129 e. The molecule has 0 radical (unpaired) electrons. The van der Waals surface area contributed by atoms with Crippen molar-refractivity contribution in [1.29, 1.82) is 0 Å². The minimum absolute atomic E-state index is 0.0837. The van der Waals surface area contributed by atoms with E-state index < -0.39 is 0 Å². The van der Waals surface area contributed by atoms with Crippen LogP contribution < -0.4 is 5.32 Å². The van der Waals surface area contributed by atoms with Gasteiger partial charge in [-0.25, -0.2) is 4.39 Å². The first-order chi connectivity index (χ1) is 8.19. The van der Waals surface area contributed by atoms with Crippen LogP contribution in [0.15, 0.2) is 22.7 Å². The fourth-order valence-corrected chi connectivity index (χ4v) is 1.97. The minimum atomic E-state index is -0.203. The number of likely N-dealkylation sites (N-methyl/N-ethyl adjacent to an activating group) is 1. The van der Waals surface area contributed by atoms with Crippen LogP contribution in [0.2, 0.25) is 0 Å². The van der Waals surface area contributed by atoms with E-state index >= 15 is 0 Å². The SMILES string of the molecule is CCCOCC(NCC)c1ccc(Br)cc1F. The molecule has 0 fully saturated rings. The molecule has 1 aromatic rings. The summed E-state index contributed by atoms with van der Waals surface area (Å²) in [4.78, 5) is 0. The van der Waals surface area contributed by atoms with Crippen molar-refractivity contribution in [2.45, 2.75) is 26.3 Å². The van der Waals surface area contributed by atoms with Gasteiger partial charge in [-0.05, 0) is 25.1 Å². The molecular formula is C13H19BrFNO. The standard InChI is InChI=1S/C13H19BrFNO/c1-3-7-17-9-13(16-4-2)11-6-5-10(14)8-12(11)15/h5-6,8,13,16H,3-4,7,9H2,1-2H3. The summed E-state index contributed by atoms with van der Waals surface area (Å²) in [7, 11) is 0. The van der Waals surface area contributed by atoms with Crippen molar-refractivity contribution in [2.75, 3.05) is 19.8 Å². The average Bonchev–Trinajstić information content (AvgIpc) is 2.28. The van der Waals surface area contributed by atoms with Crippen molar-refractivity contribution in [1.82, 2.24) is 5.32 Å². The van der Waals surface area contributed by atoms with Crippen LogP contribution >= 0.6 is 15.9 Å². The molecule has 0 aliphatic heterocycles. The first kappa shape index (κ1) is 14.6. The lowest BCUT2D eigenvalue weighted by atomic mass is 10.1. The van der Waals surface area contributed by atoms with Gasteiger partial charge in [0, 0.05) is 16.6 Å². The first-order valence-corrected chi connectivity index (χ1v) is 6.74. The molecule has 0 aliphatic carbocycles. The van der Waals surface area contributed by atoms with Crippen molar-refractivity contribution in [2.24, 2.45) is 0 Å². The quantitative estimate of drug-likeness (QED) is 0.776. The highest BCUT2D eigenvalue weighted by Crippen LogP contribution is 2.21. The number of halogens is 2. The Morgan fingerprint density at radius 3 is 2.76 bits per heavy atom. The van der Waals surface area contributed by atoms with Gasteiger partial charge in [-0.2, -0.15) is 0 Å². The Hall–Kier alpha value is -0.450. The highest BCUT2D eigenvalue weighted by molar-refractivity contribution is 9.10. The van der Waals surface area contributed by atoms with Gasteiger partial charge in [0.1, 0.15) is 5.82 Å².